The Kier molecular flexibility index (Phi) is 3.14. The van der Waals surface area contributed by atoms with Crippen LogP contribution in [0.3, 0.4) is 0 Å². The van der Waals surface area contributed by atoms with Crippen molar-refractivity contribution in [1.82, 2.24) is 4.72 Å². The van der Waals surface area contributed by atoms with E-state index in [4.69, 9.17) is 0 Å². The maximum atomic E-state index is 12.4. The molecule has 6 nitrogen and oxygen atoms in total. The highest BCUT2D eigenvalue weighted by Gasteiger charge is 2.31. The molecular formula is C15H11NO5S. The highest BCUT2D eigenvalue weighted by molar-refractivity contribution is 7.90. The Morgan fingerprint density at radius 3 is 2.45 bits per heavy atom. The Morgan fingerprint density at radius 2 is 1.73 bits per heavy atom. The molecule has 0 radical (unpaired) electrons. The Morgan fingerprint density at radius 1 is 1.00 bits per heavy atom. The molecule has 22 heavy (non-hydrogen) atoms. The van der Waals surface area contributed by atoms with Crippen molar-refractivity contribution in [1.29, 1.82) is 0 Å². The molecule has 0 bridgehead atoms. The number of hydrogen-bond donors (Lipinski definition) is 3. The van der Waals surface area contributed by atoms with Gasteiger partial charge < -0.3 is 10.2 Å². The summed E-state index contributed by atoms with van der Waals surface area (Å²) >= 11 is 0. The van der Waals surface area contributed by atoms with Gasteiger partial charge in [0, 0.05) is 5.56 Å². The number of aromatic hydroxyl groups is 2. The summed E-state index contributed by atoms with van der Waals surface area (Å²) in [6.45, 7) is 0. The number of allylic oxidation sites excluding steroid dienone is 1. The topological polar surface area (TPSA) is 104 Å². The Hall–Kier alpha value is -2.80. The molecule has 0 aliphatic carbocycles. The number of Topliss-reactive ketones (excluding diaryl/α,β-unsaturated/α-hetero) is 1. The van der Waals surface area contributed by atoms with E-state index in [9.17, 15) is 23.4 Å². The van der Waals surface area contributed by atoms with E-state index in [0.717, 1.165) is 0 Å². The molecule has 0 unspecified atom stereocenters. The summed E-state index contributed by atoms with van der Waals surface area (Å²) in [5, 5.41) is 18.7. The van der Waals surface area contributed by atoms with Crippen LogP contribution in [0.4, 0.5) is 0 Å². The number of ketones is 1. The van der Waals surface area contributed by atoms with Crippen LogP contribution in [0.25, 0.3) is 6.08 Å². The molecule has 0 saturated heterocycles. The standard InChI is InChI=1S/C15H11NO5S/c17-12-6-5-9(8-13(12)18)7-11-15(19)10-3-1-2-4-14(10)22(20,21)16-11/h1-8,16-18H. The van der Waals surface area contributed by atoms with Gasteiger partial charge in [0.25, 0.3) is 10.0 Å². The summed E-state index contributed by atoms with van der Waals surface area (Å²) in [7, 11) is -3.81. The van der Waals surface area contributed by atoms with Gasteiger partial charge in [0.15, 0.2) is 11.5 Å². The van der Waals surface area contributed by atoms with Crippen molar-refractivity contribution in [2.24, 2.45) is 0 Å². The molecule has 3 N–H and O–H groups in total. The number of sulfonamides is 1. The average Bonchev–Trinajstić information content (AvgIpc) is 2.48. The van der Waals surface area contributed by atoms with E-state index in [0.29, 0.717) is 5.56 Å². The number of carbonyl (C=O) groups is 1. The first-order valence-corrected chi connectivity index (χ1v) is 7.77. The van der Waals surface area contributed by atoms with Gasteiger partial charge in [0.05, 0.1) is 10.6 Å². The van der Waals surface area contributed by atoms with Gasteiger partial charge in [-0.15, -0.1) is 0 Å². The van der Waals surface area contributed by atoms with Gasteiger partial charge in [-0.3, -0.25) is 9.52 Å². The predicted molar refractivity (Wildman–Crippen MR) is 78.8 cm³/mol. The molecule has 3 rings (SSSR count). The van der Waals surface area contributed by atoms with Crippen LogP contribution in [0.15, 0.2) is 53.1 Å². The van der Waals surface area contributed by atoms with Crippen LogP contribution in [0.2, 0.25) is 0 Å². The van der Waals surface area contributed by atoms with Crippen molar-refractivity contribution in [3.8, 4) is 11.5 Å². The second-order valence-electron chi connectivity index (χ2n) is 4.74. The van der Waals surface area contributed by atoms with E-state index in [1.165, 1.54) is 42.5 Å². The quantitative estimate of drug-likeness (QED) is 0.547. The van der Waals surface area contributed by atoms with Gasteiger partial charge in [-0.2, -0.15) is 0 Å². The third kappa shape index (κ3) is 2.31. The number of carbonyl (C=O) groups excluding carboxylic acids is 1. The molecule has 0 atom stereocenters. The lowest BCUT2D eigenvalue weighted by molar-refractivity contribution is 0.102. The lowest BCUT2D eigenvalue weighted by Crippen LogP contribution is -2.34. The molecule has 0 amide bonds. The van der Waals surface area contributed by atoms with Gasteiger partial charge in [-0.25, -0.2) is 8.42 Å². The fraction of sp³-hybridized carbons (Fsp3) is 0. The van der Waals surface area contributed by atoms with Crippen LogP contribution in [-0.4, -0.2) is 24.4 Å². The summed E-state index contributed by atoms with van der Waals surface area (Å²) < 4.78 is 26.5. The first kappa shape index (κ1) is 14.2. The molecule has 0 fully saturated rings. The minimum atomic E-state index is -3.81. The maximum absolute atomic E-state index is 12.4. The normalized spacial score (nSPS) is 17.8. The van der Waals surface area contributed by atoms with Gasteiger partial charge >= 0.3 is 0 Å². The largest absolute Gasteiger partial charge is 0.504 e. The summed E-state index contributed by atoms with van der Waals surface area (Å²) in [5.74, 6) is -1.12. The van der Waals surface area contributed by atoms with Crippen LogP contribution in [-0.2, 0) is 10.0 Å². The van der Waals surface area contributed by atoms with Crippen molar-refractivity contribution in [2.75, 3.05) is 0 Å². The third-order valence-electron chi connectivity index (χ3n) is 3.22. The SMILES string of the molecule is O=C1C(=Cc2ccc(O)c(O)c2)NS(=O)(=O)c2ccccc21. The molecule has 1 aliphatic rings. The summed E-state index contributed by atoms with van der Waals surface area (Å²) in [6.07, 6.45) is 1.30. The van der Waals surface area contributed by atoms with E-state index in [1.807, 2.05) is 0 Å². The molecule has 0 spiro atoms. The zero-order valence-electron chi connectivity index (χ0n) is 11.1. The fourth-order valence-corrected chi connectivity index (χ4v) is 3.43. The third-order valence-corrected chi connectivity index (χ3v) is 4.64. The molecule has 1 aliphatic heterocycles. The maximum Gasteiger partial charge on any atom is 0.262 e. The number of nitrogens with one attached hydrogen (secondary N) is 1. The van der Waals surface area contributed by atoms with Gasteiger partial charge in [-0.1, -0.05) is 18.2 Å². The van der Waals surface area contributed by atoms with Crippen LogP contribution < -0.4 is 4.72 Å². The van der Waals surface area contributed by atoms with Crippen LogP contribution in [0.1, 0.15) is 15.9 Å². The highest BCUT2D eigenvalue weighted by Crippen LogP contribution is 2.28. The number of phenolic OH excluding ortho intramolecular Hbond substituents is 2. The summed E-state index contributed by atoms with van der Waals surface area (Å²) in [6, 6.07) is 9.85. The smallest absolute Gasteiger partial charge is 0.262 e. The van der Waals surface area contributed by atoms with E-state index in [2.05, 4.69) is 4.72 Å². The molecule has 1 heterocycles. The molecular weight excluding hydrogens is 306 g/mol. The first-order chi connectivity index (χ1) is 10.4. The summed E-state index contributed by atoms with van der Waals surface area (Å²) in [4.78, 5) is 12.3. The Labute approximate surface area is 126 Å². The number of hydrogen-bond acceptors (Lipinski definition) is 5. The van der Waals surface area contributed by atoms with Crippen LogP contribution in [0, 0.1) is 0 Å². The minimum Gasteiger partial charge on any atom is -0.504 e. The Balaban J connectivity index is 2.12. The van der Waals surface area contributed by atoms with Crippen molar-refractivity contribution >= 4 is 21.9 Å². The van der Waals surface area contributed by atoms with Gasteiger partial charge in [0.2, 0.25) is 5.78 Å². The molecule has 2 aromatic rings. The zero-order valence-corrected chi connectivity index (χ0v) is 12.0. The monoisotopic (exact) mass is 317 g/mol. The van der Waals surface area contributed by atoms with Gasteiger partial charge in [0.1, 0.15) is 0 Å². The predicted octanol–water partition coefficient (Wildman–Crippen LogP) is 1.61. The lowest BCUT2D eigenvalue weighted by atomic mass is 10.1. The fourth-order valence-electron chi connectivity index (χ4n) is 2.17. The van der Waals surface area contributed by atoms with Gasteiger partial charge in [-0.05, 0) is 35.9 Å². The van der Waals surface area contributed by atoms with Crippen LogP contribution >= 0.6 is 0 Å². The molecule has 112 valence electrons. The molecule has 2 aromatic carbocycles. The van der Waals surface area contributed by atoms with E-state index >= 15 is 0 Å². The van der Waals surface area contributed by atoms with Crippen molar-refractivity contribution in [2.45, 2.75) is 4.90 Å². The van der Waals surface area contributed by atoms with Crippen molar-refractivity contribution in [3.63, 3.8) is 0 Å². The van der Waals surface area contributed by atoms with Crippen molar-refractivity contribution < 1.29 is 23.4 Å². The van der Waals surface area contributed by atoms with Crippen molar-refractivity contribution in [3.05, 3.63) is 59.3 Å². The number of phenols is 2. The van der Waals surface area contributed by atoms with E-state index in [1.54, 1.807) is 6.07 Å². The lowest BCUT2D eigenvalue weighted by Gasteiger charge is -2.19. The number of fused-ring (bicyclic) bond motifs is 1. The van der Waals surface area contributed by atoms with E-state index < -0.39 is 15.8 Å². The van der Waals surface area contributed by atoms with E-state index in [-0.39, 0.29) is 27.7 Å². The average molecular weight is 317 g/mol. The van der Waals surface area contributed by atoms with Crippen LogP contribution in [0.5, 0.6) is 11.5 Å². The summed E-state index contributed by atoms with van der Waals surface area (Å²) in [5.41, 5.74) is 0.347. The second kappa shape index (κ2) is 4.88. The minimum absolute atomic E-state index is 0.0642. The highest BCUT2D eigenvalue weighted by atomic mass is 32.2. The molecule has 0 aromatic heterocycles. The number of benzene rings is 2. The number of rotatable bonds is 1. The Bertz CT molecular complexity index is 915. The zero-order chi connectivity index (χ0) is 15.9. The molecule has 0 saturated carbocycles. The molecule has 7 heteroatoms. The first-order valence-electron chi connectivity index (χ1n) is 6.29. The second-order valence-corrected chi connectivity index (χ2v) is 6.39.